The molecular weight excluding hydrogens is 178 g/mol. The smallest absolute Gasteiger partial charge is 0.237 e. The summed E-state index contributed by atoms with van der Waals surface area (Å²) < 4.78 is 0. The molecule has 0 spiro atoms. The first-order chi connectivity index (χ1) is 6.51. The van der Waals surface area contributed by atoms with Crippen LogP contribution in [0.25, 0.3) is 0 Å². The van der Waals surface area contributed by atoms with Crippen molar-refractivity contribution >= 4 is 5.91 Å². The van der Waals surface area contributed by atoms with E-state index in [0.29, 0.717) is 6.42 Å². The van der Waals surface area contributed by atoms with Gasteiger partial charge in [0.15, 0.2) is 0 Å². The fraction of sp³-hybridized carbons (Fsp3) is 0.800. The second kappa shape index (κ2) is 6.39. The van der Waals surface area contributed by atoms with E-state index >= 15 is 0 Å². The van der Waals surface area contributed by atoms with Crippen molar-refractivity contribution < 1.29 is 4.79 Å². The molecule has 0 rings (SSSR count). The van der Waals surface area contributed by atoms with Crippen molar-refractivity contribution in [3.63, 3.8) is 0 Å². The van der Waals surface area contributed by atoms with Gasteiger partial charge in [0.2, 0.25) is 5.91 Å². The van der Waals surface area contributed by atoms with E-state index in [2.05, 4.69) is 5.32 Å². The van der Waals surface area contributed by atoms with E-state index in [1.165, 1.54) is 0 Å². The zero-order chi connectivity index (χ0) is 11.1. The molecule has 0 aliphatic carbocycles. The summed E-state index contributed by atoms with van der Waals surface area (Å²) in [6.07, 6.45) is 0.566. The third kappa shape index (κ3) is 4.83. The first-order valence-electron chi connectivity index (χ1n) is 4.86. The predicted molar refractivity (Wildman–Crippen MR) is 55.6 cm³/mol. The lowest BCUT2D eigenvalue weighted by molar-refractivity contribution is -0.124. The summed E-state index contributed by atoms with van der Waals surface area (Å²) in [5.74, 6) is -0.677. The van der Waals surface area contributed by atoms with Crippen LogP contribution in [0, 0.1) is 17.2 Å². The lowest BCUT2D eigenvalue weighted by Crippen LogP contribution is -2.42. The van der Waals surface area contributed by atoms with Gasteiger partial charge in [0.1, 0.15) is 5.92 Å². The molecule has 4 heteroatoms. The fourth-order valence-electron chi connectivity index (χ4n) is 1.27. The molecule has 0 heterocycles. The molecule has 0 saturated heterocycles. The SMILES string of the molecule is CCC(C#N)C(=O)NC(C)CN(C)C. The average Bonchev–Trinajstić information content (AvgIpc) is 2.04. The average molecular weight is 197 g/mol. The molecule has 0 aromatic rings. The molecule has 0 aromatic heterocycles. The van der Waals surface area contributed by atoms with Crippen molar-refractivity contribution in [3.05, 3.63) is 0 Å². The van der Waals surface area contributed by atoms with Crippen molar-refractivity contribution in [3.8, 4) is 6.07 Å². The number of rotatable bonds is 5. The Morgan fingerprint density at radius 2 is 2.14 bits per heavy atom. The molecule has 0 bridgehead atoms. The van der Waals surface area contributed by atoms with Gasteiger partial charge in [-0.25, -0.2) is 0 Å². The van der Waals surface area contributed by atoms with Crippen molar-refractivity contribution in [2.45, 2.75) is 26.3 Å². The molecule has 1 amide bonds. The Kier molecular flexibility index (Phi) is 5.89. The molecule has 2 atom stereocenters. The summed E-state index contributed by atoms with van der Waals surface area (Å²) in [7, 11) is 3.90. The van der Waals surface area contributed by atoms with Gasteiger partial charge in [-0.05, 0) is 27.4 Å². The minimum Gasteiger partial charge on any atom is -0.351 e. The van der Waals surface area contributed by atoms with E-state index < -0.39 is 5.92 Å². The number of likely N-dealkylation sites (N-methyl/N-ethyl adjacent to an activating group) is 1. The van der Waals surface area contributed by atoms with Crippen LogP contribution < -0.4 is 5.32 Å². The zero-order valence-electron chi connectivity index (χ0n) is 9.37. The lowest BCUT2D eigenvalue weighted by atomic mass is 10.1. The van der Waals surface area contributed by atoms with Gasteiger partial charge in [-0.2, -0.15) is 5.26 Å². The molecule has 0 aliphatic heterocycles. The van der Waals surface area contributed by atoms with E-state index in [1.807, 2.05) is 38.9 Å². The van der Waals surface area contributed by atoms with Crippen LogP contribution in [-0.4, -0.2) is 37.5 Å². The third-order valence-electron chi connectivity index (χ3n) is 1.91. The number of amides is 1. The highest BCUT2D eigenvalue weighted by Gasteiger charge is 2.17. The van der Waals surface area contributed by atoms with Crippen LogP contribution >= 0.6 is 0 Å². The number of carbonyl (C=O) groups excluding carboxylic acids is 1. The van der Waals surface area contributed by atoms with Gasteiger partial charge in [0.25, 0.3) is 0 Å². The Morgan fingerprint density at radius 3 is 2.50 bits per heavy atom. The Balaban J connectivity index is 3.99. The summed E-state index contributed by atoms with van der Waals surface area (Å²) in [5.41, 5.74) is 0. The zero-order valence-corrected chi connectivity index (χ0v) is 9.37. The number of hydrogen-bond donors (Lipinski definition) is 1. The fourth-order valence-corrected chi connectivity index (χ4v) is 1.27. The molecule has 1 N–H and O–H groups in total. The predicted octanol–water partition coefficient (Wildman–Crippen LogP) is 0.602. The summed E-state index contributed by atoms with van der Waals surface area (Å²) in [5, 5.41) is 11.5. The topological polar surface area (TPSA) is 56.1 Å². The first kappa shape index (κ1) is 12.9. The molecule has 0 aliphatic rings. The molecule has 80 valence electrons. The van der Waals surface area contributed by atoms with Gasteiger partial charge in [-0.3, -0.25) is 4.79 Å². The Labute approximate surface area is 85.9 Å². The van der Waals surface area contributed by atoms with Crippen molar-refractivity contribution in [2.75, 3.05) is 20.6 Å². The van der Waals surface area contributed by atoms with Crippen LogP contribution in [0.15, 0.2) is 0 Å². The van der Waals surface area contributed by atoms with Crippen LogP contribution in [0.1, 0.15) is 20.3 Å². The molecule has 2 unspecified atom stereocenters. The Morgan fingerprint density at radius 1 is 1.57 bits per heavy atom. The number of carbonyl (C=O) groups is 1. The van der Waals surface area contributed by atoms with Gasteiger partial charge < -0.3 is 10.2 Å². The van der Waals surface area contributed by atoms with E-state index in [9.17, 15) is 4.79 Å². The Bertz CT molecular complexity index is 220. The van der Waals surface area contributed by atoms with E-state index in [4.69, 9.17) is 5.26 Å². The quantitative estimate of drug-likeness (QED) is 0.702. The summed E-state index contributed by atoms with van der Waals surface area (Å²) in [6, 6.07) is 2.07. The molecule has 14 heavy (non-hydrogen) atoms. The molecule has 0 radical (unpaired) electrons. The lowest BCUT2D eigenvalue weighted by Gasteiger charge is -2.19. The highest BCUT2D eigenvalue weighted by atomic mass is 16.1. The van der Waals surface area contributed by atoms with Gasteiger partial charge in [0.05, 0.1) is 6.07 Å². The number of nitrogens with zero attached hydrogens (tertiary/aromatic N) is 2. The highest BCUT2D eigenvalue weighted by Crippen LogP contribution is 2.00. The van der Waals surface area contributed by atoms with Gasteiger partial charge in [-0.15, -0.1) is 0 Å². The van der Waals surface area contributed by atoms with Gasteiger partial charge >= 0.3 is 0 Å². The largest absolute Gasteiger partial charge is 0.351 e. The summed E-state index contributed by atoms with van der Waals surface area (Å²) in [6.45, 7) is 4.56. The number of nitriles is 1. The molecular formula is C10H19N3O. The monoisotopic (exact) mass is 197 g/mol. The number of nitrogens with one attached hydrogen (secondary N) is 1. The van der Waals surface area contributed by atoms with Crippen LogP contribution in [-0.2, 0) is 4.79 Å². The van der Waals surface area contributed by atoms with Crippen LogP contribution in [0.2, 0.25) is 0 Å². The van der Waals surface area contributed by atoms with Crippen molar-refractivity contribution in [1.82, 2.24) is 10.2 Å². The van der Waals surface area contributed by atoms with Crippen molar-refractivity contribution in [2.24, 2.45) is 5.92 Å². The second-order valence-electron chi connectivity index (χ2n) is 3.76. The molecule has 0 saturated carbocycles. The number of hydrogen-bond acceptors (Lipinski definition) is 3. The van der Waals surface area contributed by atoms with Crippen LogP contribution in [0.5, 0.6) is 0 Å². The van der Waals surface area contributed by atoms with E-state index in [0.717, 1.165) is 6.54 Å². The molecule has 4 nitrogen and oxygen atoms in total. The van der Waals surface area contributed by atoms with Crippen LogP contribution in [0.3, 0.4) is 0 Å². The molecule has 0 fully saturated rings. The Hall–Kier alpha value is -1.08. The van der Waals surface area contributed by atoms with Crippen molar-refractivity contribution in [1.29, 1.82) is 5.26 Å². The standard InChI is InChI=1S/C10H19N3O/c1-5-9(6-11)10(14)12-8(2)7-13(3)4/h8-9H,5,7H2,1-4H3,(H,12,14). The maximum absolute atomic E-state index is 11.4. The minimum atomic E-state index is -0.514. The maximum Gasteiger partial charge on any atom is 0.237 e. The van der Waals surface area contributed by atoms with E-state index in [-0.39, 0.29) is 11.9 Å². The van der Waals surface area contributed by atoms with Gasteiger partial charge in [-0.1, -0.05) is 6.92 Å². The maximum atomic E-state index is 11.4. The minimum absolute atomic E-state index is 0.0832. The molecule has 0 aromatic carbocycles. The first-order valence-corrected chi connectivity index (χ1v) is 4.86. The normalized spacial score (nSPS) is 14.6. The van der Waals surface area contributed by atoms with E-state index in [1.54, 1.807) is 0 Å². The summed E-state index contributed by atoms with van der Waals surface area (Å²) >= 11 is 0. The third-order valence-corrected chi connectivity index (χ3v) is 1.91. The highest BCUT2D eigenvalue weighted by molar-refractivity contribution is 5.81. The van der Waals surface area contributed by atoms with Crippen LogP contribution in [0.4, 0.5) is 0 Å². The van der Waals surface area contributed by atoms with Gasteiger partial charge in [0, 0.05) is 12.6 Å². The summed E-state index contributed by atoms with van der Waals surface area (Å²) in [4.78, 5) is 13.4. The second-order valence-corrected chi connectivity index (χ2v) is 3.76.